The average molecular weight is 458 g/mol. The summed E-state index contributed by atoms with van der Waals surface area (Å²) in [4.78, 5) is 15.0. The van der Waals surface area contributed by atoms with Crippen LogP contribution >= 0.6 is 23.4 Å². The minimum Gasteiger partial charge on any atom is -0.486 e. The van der Waals surface area contributed by atoms with E-state index >= 15 is 0 Å². The van der Waals surface area contributed by atoms with Gasteiger partial charge in [0.15, 0.2) is 11.5 Å². The molecule has 0 bridgehead atoms. The molecule has 1 saturated heterocycles. The van der Waals surface area contributed by atoms with E-state index in [1.54, 1.807) is 16.8 Å². The van der Waals surface area contributed by atoms with Crippen molar-refractivity contribution in [3.8, 4) is 17.2 Å². The van der Waals surface area contributed by atoms with E-state index in [4.69, 9.17) is 21.1 Å². The van der Waals surface area contributed by atoms with Crippen molar-refractivity contribution in [3.05, 3.63) is 53.1 Å². The molecular formula is C21H20ClN5O3S. The molecule has 3 aromatic rings. The molecule has 1 unspecified atom stereocenters. The zero-order chi connectivity index (χ0) is 21.2. The number of carbonyl (C=O) groups excluding carboxylic acids is 1. The van der Waals surface area contributed by atoms with E-state index < -0.39 is 0 Å². The summed E-state index contributed by atoms with van der Waals surface area (Å²) in [5.74, 6) is 1.83. The Morgan fingerprint density at radius 3 is 2.77 bits per heavy atom. The van der Waals surface area contributed by atoms with Crippen molar-refractivity contribution in [3.63, 3.8) is 0 Å². The number of amides is 1. The monoisotopic (exact) mass is 457 g/mol. The first kappa shape index (κ1) is 20.1. The van der Waals surface area contributed by atoms with Gasteiger partial charge in [0.05, 0.1) is 17.5 Å². The van der Waals surface area contributed by atoms with E-state index in [1.165, 1.54) is 11.8 Å². The van der Waals surface area contributed by atoms with Gasteiger partial charge in [-0.2, -0.15) is 4.68 Å². The molecule has 1 atom stereocenters. The van der Waals surface area contributed by atoms with Gasteiger partial charge in [-0.3, -0.25) is 4.79 Å². The maximum atomic E-state index is 13.1. The zero-order valence-electron chi connectivity index (χ0n) is 16.6. The lowest BCUT2D eigenvalue weighted by Gasteiger charge is -2.26. The Balaban J connectivity index is 1.28. The molecule has 8 nitrogen and oxygen atoms in total. The number of hydrogen-bond acceptors (Lipinski definition) is 7. The van der Waals surface area contributed by atoms with Crippen molar-refractivity contribution in [2.75, 3.05) is 25.5 Å². The molecule has 10 heteroatoms. The molecule has 1 fully saturated rings. The number of fused-ring (bicyclic) bond motifs is 1. The minimum atomic E-state index is 0.0381. The van der Waals surface area contributed by atoms with Gasteiger partial charge in [-0.15, -0.1) is 5.10 Å². The molecule has 31 heavy (non-hydrogen) atoms. The lowest BCUT2D eigenvalue weighted by atomic mass is 10.0. The van der Waals surface area contributed by atoms with Gasteiger partial charge in [0.25, 0.3) is 0 Å². The molecule has 160 valence electrons. The van der Waals surface area contributed by atoms with Crippen LogP contribution in [-0.2, 0) is 4.79 Å². The molecule has 0 spiro atoms. The Kier molecular flexibility index (Phi) is 5.69. The van der Waals surface area contributed by atoms with Gasteiger partial charge in [0.2, 0.25) is 11.1 Å². The number of rotatable bonds is 5. The van der Waals surface area contributed by atoms with Gasteiger partial charge in [-0.1, -0.05) is 29.4 Å². The summed E-state index contributed by atoms with van der Waals surface area (Å²) in [7, 11) is 0. The van der Waals surface area contributed by atoms with Gasteiger partial charge < -0.3 is 14.4 Å². The standard InChI is InChI=1S/C21H20ClN5O3S/c22-15-4-6-16(7-5-15)27-21(23-24-25-27)31-13-20(28)26-9-1-2-17(26)14-3-8-18-19(12-14)30-11-10-29-18/h3-8,12,17H,1-2,9-11,13H2. The molecule has 2 aliphatic heterocycles. The summed E-state index contributed by atoms with van der Waals surface area (Å²) in [6, 6.07) is 13.2. The number of benzene rings is 2. The Bertz CT molecular complexity index is 1090. The zero-order valence-corrected chi connectivity index (χ0v) is 18.2. The molecule has 2 aromatic carbocycles. The van der Waals surface area contributed by atoms with Crippen molar-refractivity contribution in [1.82, 2.24) is 25.1 Å². The normalized spacial score (nSPS) is 17.7. The number of halogens is 1. The molecule has 1 amide bonds. The molecule has 0 aliphatic carbocycles. The molecule has 0 radical (unpaired) electrons. The van der Waals surface area contributed by atoms with Gasteiger partial charge in [0, 0.05) is 11.6 Å². The van der Waals surface area contributed by atoms with E-state index in [-0.39, 0.29) is 17.7 Å². The number of carbonyl (C=O) groups is 1. The summed E-state index contributed by atoms with van der Waals surface area (Å²) < 4.78 is 12.9. The van der Waals surface area contributed by atoms with Crippen molar-refractivity contribution < 1.29 is 14.3 Å². The van der Waals surface area contributed by atoms with Crippen LogP contribution in [0.3, 0.4) is 0 Å². The van der Waals surface area contributed by atoms with Crippen LogP contribution in [-0.4, -0.2) is 56.5 Å². The van der Waals surface area contributed by atoms with Crippen LogP contribution in [0.4, 0.5) is 0 Å². The van der Waals surface area contributed by atoms with Gasteiger partial charge in [-0.25, -0.2) is 0 Å². The van der Waals surface area contributed by atoms with Gasteiger partial charge >= 0.3 is 0 Å². The Hall–Kier alpha value is -2.78. The fourth-order valence-corrected chi connectivity index (χ4v) is 4.80. The van der Waals surface area contributed by atoms with Crippen molar-refractivity contribution in [2.24, 2.45) is 0 Å². The quantitative estimate of drug-likeness (QED) is 0.542. The van der Waals surface area contributed by atoms with E-state index in [1.807, 2.05) is 35.2 Å². The first-order valence-electron chi connectivity index (χ1n) is 10.1. The summed E-state index contributed by atoms with van der Waals surface area (Å²) >= 11 is 7.29. The third-order valence-electron chi connectivity index (χ3n) is 5.36. The first-order valence-corrected chi connectivity index (χ1v) is 11.4. The molecule has 0 saturated carbocycles. The maximum absolute atomic E-state index is 13.1. The second kappa shape index (κ2) is 8.76. The highest BCUT2D eigenvalue weighted by Gasteiger charge is 2.31. The van der Waals surface area contributed by atoms with E-state index in [0.29, 0.717) is 23.4 Å². The average Bonchev–Trinajstić information content (AvgIpc) is 3.47. The highest BCUT2D eigenvalue weighted by atomic mass is 35.5. The first-order chi connectivity index (χ1) is 15.2. The van der Waals surface area contributed by atoms with Crippen LogP contribution in [0, 0.1) is 0 Å². The predicted octanol–water partition coefficient (Wildman–Crippen LogP) is 3.54. The molecule has 3 heterocycles. The number of aromatic nitrogens is 4. The number of hydrogen-bond donors (Lipinski definition) is 0. The largest absolute Gasteiger partial charge is 0.486 e. The smallest absolute Gasteiger partial charge is 0.233 e. The lowest BCUT2D eigenvalue weighted by Crippen LogP contribution is -2.32. The minimum absolute atomic E-state index is 0.0381. The van der Waals surface area contributed by atoms with Gasteiger partial charge in [0.1, 0.15) is 13.2 Å². The molecule has 5 rings (SSSR count). The van der Waals surface area contributed by atoms with Crippen LogP contribution in [0.15, 0.2) is 47.6 Å². The van der Waals surface area contributed by atoms with E-state index in [0.717, 1.165) is 42.1 Å². The summed E-state index contributed by atoms with van der Waals surface area (Å²) in [5, 5.41) is 13.1. The van der Waals surface area contributed by atoms with E-state index in [2.05, 4.69) is 15.5 Å². The topological polar surface area (TPSA) is 82.4 Å². The lowest BCUT2D eigenvalue weighted by molar-refractivity contribution is -0.129. The van der Waals surface area contributed by atoms with Gasteiger partial charge in [-0.05, 0) is 65.2 Å². The van der Waals surface area contributed by atoms with Crippen molar-refractivity contribution in [2.45, 2.75) is 24.0 Å². The maximum Gasteiger partial charge on any atom is 0.233 e. The number of nitrogens with zero attached hydrogens (tertiary/aromatic N) is 5. The third kappa shape index (κ3) is 4.20. The number of likely N-dealkylation sites (tertiary alicyclic amines) is 1. The highest BCUT2D eigenvalue weighted by Crippen LogP contribution is 2.38. The Labute approximate surface area is 188 Å². The van der Waals surface area contributed by atoms with Crippen LogP contribution in [0.1, 0.15) is 24.4 Å². The number of thioether (sulfide) groups is 1. The molecule has 1 aromatic heterocycles. The second-order valence-corrected chi connectivity index (χ2v) is 8.67. The van der Waals surface area contributed by atoms with Crippen LogP contribution < -0.4 is 9.47 Å². The highest BCUT2D eigenvalue weighted by molar-refractivity contribution is 7.99. The number of ether oxygens (including phenoxy) is 2. The third-order valence-corrected chi connectivity index (χ3v) is 6.52. The van der Waals surface area contributed by atoms with E-state index in [9.17, 15) is 4.79 Å². The fraction of sp³-hybridized carbons (Fsp3) is 0.333. The summed E-state index contributed by atoms with van der Waals surface area (Å²) in [6.07, 6.45) is 1.90. The number of tetrazole rings is 1. The SMILES string of the molecule is O=C(CSc1nnnn1-c1ccc(Cl)cc1)N1CCCC1c1ccc2c(c1)OCCO2. The summed E-state index contributed by atoms with van der Waals surface area (Å²) in [6.45, 7) is 1.84. The Morgan fingerprint density at radius 1 is 1.13 bits per heavy atom. The van der Waals surface area contributed by atoms with Crippen LogP contribution in [0.25, 0.3) is 5.69 Å². The molecular weight excluding hydrogens is 438 g/mol. The van der Waals surface area contributed by atoms with Crippen molar-refractivity contribution >= 4 is 29.3 Å². The second-order valence-electron chi connectivity index (χ2n) is 7.29. The predicted molar refractivity (Wildman–Crippen MR) is 116 cm³/mol. The fourth-order valence-electron chi connectivity index (χ4n) is 3.90. The van der Waals surface area contributed by atoms with Crippen LogP contribution in [0.5, 0.6) is 11.5 Å². The van der Waals surface area contributed by atoms with Crippen molar-refractivity contribution in [1.29, 1.82) is 0 Å². The Morgan fingerprint density at radius 2 is 1.94 bits per heavy atom. The molecule has 2 aliphatic rings. The van der Waals surface area contributed by atoms with Crippen LogP contribution in [0.2, 0.25) is 5.02 Å². The summed E-state index contributed by atoms with van der Waals surface area (Å²) in [5.41, 5.74) is 1.87. The molecule has 0 N–H and O–H groups in total.